The first kappa shape index (κ1) is 12.2. The Morgan fingerprint density at radius 2 is 2.50 bits per heavy atom. The molecule has 82 valence electrons. The summed E-state index contributed by atoms with van der Waals surface area (Å²) in [6.45, 7) is 2.05. The van der Waals surface area contributed by atoms with Crippen molar-refractivity contribution in [2.24, 2.45) is 0 Å². The van der Waals surface area contributed by atoms with E-state index in [4.69, 9.17) is 21.6 Å². The van der Waals surface area contributed by atoms with Crippen LogP contribution in [-0.2, 0) is 9.53 Å². The summed E-state index contributed by atoms with van der Waals surface area (Å²) in [4.78, 5) is 14.8. The second-order valence-electron chi connectivity index (χ2n) is 2.80. The van der Waals surface area contributed by atoms with Crippen LogP contribution in [0.2, 0.25) is 5.15 Å². The molecule has 0 bridgehead atoms. The van der Waals surface area contributed by atoms with Gasteiger partial charge in [0.15, 0.2) is 0 Å². The van der Waals surface area contributed by atoms with E-state index >= 15 is 0 Å². The number of hydrogen-bond donors (Lipinski definition) is 0. The van der Waals surface area contributed by atoms with Gasteiger partial charge in [-0.25, -0.2) is 9.78 Å². The van der Waals surface area contributed by atoms with Crippen molar-refractivity contribution >= 4 is 23.6 Å². The van der Waals surface area contributed by atoms with Gasteiger partial charge in [0.05, 0.1) is 12.2 Å². The van der Waals surface area contributed by atoms with Gasteiger partial charge in [0.1, 0.15) is 11.2 Å². The largest absolute Gasteiger partial charge is 0.463 e. The molecule has 0 spiro atoms. The topological polar surface area (TPSA) is 63.0 Å². The maximum absolute atomic E-state index is 11.0. The lowest BCUT2D eigenvalue weighted by Gasteiger charge is -1.97. The molecule has 0 amide bonds. The minimum atomic E-state index is -0.434. The zero-order valence-electron chi connectivity index (χ0n) is 8.61. The van der Waals surface area contributed by atoms with Crippen LogP contribution < -0.4 is 0 Å². The Balaban J connectivity index is 2.83. The third kappa shape index (κ3) is 3.37. The lowest BCUT2D eigenvalue weighted by Crippen LogP contribution is -1.98. The molecular formula is C11H9ClN2O2. The van der Waals surface area contributed by atoms with Crippen molar-refractivity contribution in [1.82, 2.24) is 4.98 Å². The number of aromatic nitrogens is 1. The lowest BCUT2D eigenvalue weighted by molar-refractivity contribution is -0.137. The number of carbonyl (C=O) groups is 1. The van der Waals surface area contributed by atoms with E-state index in [1.807, 2.05) is 6.07 Å². The van der Waals surface area contributed by atoms with Gasteiger partial charge in [-0.05, 0) is 24.6 Å². The second kappa shape index (κ2) is 5.89. The van der Waals surface area contributed by atoms with Crippen LogP contribution in [0.15, 0.2) is 18.3 Å². The van der Waals surface area contributed by atoms with Crippen molar-refractivity contribution in [3.63, 3.8) is 0 Å². The molecule has 0 saturated carbocycles. The van der Waals surface area contributed by atoms with E-state index < -0.39 is 5.97 Å². The summed E-state index contributed by atoms with van der Waals surface area (Å²) in [7, 11) is 0. The Labute approximate surface area is 98.1 Å². The Morgan fingerprint density at radius 3 is 3.12 bits per heavy atom. The van der Waals surface area contributed by atoms with Crippen molar-refractivity contribution in [3.8, 4) is 6.07 Å². The number of esters is 1. The van der Waals surface area contributed by atoms with Gasteiger partial charge in [0, 0.05) is 12.3 Å². The summed E-state index contributed by atoms with van der Waals surface area (Å²) in [5.74, 6) is -0.434. The number of halogens is 1. The molecule has 0 aliphatic carbocycles. The Hall–Kier alpha value is -1.86. The fourth-order valence-electron chi connectivity index (χ4n) is 0.988. The third-order valence-electron chi connectivity index (χ3n) is 1.68. The number of hydrogen-bond acceptors (Lipinski definition) is 4. The van der Waals surface area contributed by atoms with Gasteiger partial charge in [-0.1, -0.05) is 11.6 Å². The molecule has 1 heterocycles. The molecule has 0 saturated heterocycles. The summed E-state index contributed by atoms with van der Waals surface area (Å²) in [5.41, 5.74) is 0.890. The molecule has 0 aliphatic heterocycles. The molecule has 0 aromatic carbocycles. The van der Waals surface area contributed by atoms with E-state index in [1.54, 1.807) is 13.0 Å². The van der Waals surface area contributed by atoms with E-state index in [2.05, 4.69) is 4.98 Å². The molecule has 1 aromatic rings. The van der Waals surface area contributed by atoms with Gasteiger partial charge in [-0.3, -0.25) is 0 Å². The van der Waals surface area contributed by atoms with Crippen LogP contribution >= 0.6 is 11.6 Å². The fourth-order valence-corrected chi connectivity index (χ4v) is 1.13. The molecule has 0 N–H and O–H groups in total. The zero-order chi connectivity index (χ0) is 12.0. The molecule has 0 aliphatic rings. The predicted octanol–water partition coefficient (Wildman–Crippen LogP) is 2.18. The summed E-state index contributed by atoms with van der Waals surface area (Å²) in [6.07, 6.45) is 4.26. The maximum Gasteiger partial charge on any atom is 0.330 e. The van der Waals surface area contributed by atoms with Gasteiger partial charge in [-0.15, -0.1) is 0 Å². The van der Waals surface area contributed by atoms with Crippen LogP contribution in [0.4, 0.5) is 0 Å². The molecule has 4 nitrogen and oxygen atoms in total. The van der Waals surface area contributed by atoms with Crippen molar-refractivity contribution < 1.29 is 9.53 Å². The highest BCUT2D eigenvalue weighted by molar-refractivity contribution is 6.30. The first-order valence-electron chi connectivity index (χ1n) is 4.58. The first-order valence-corrected chi connectivity index (χ1v) is 4.95. The average Bonchev–Trinajstić information content (AvgIpc) is 2.28. The number of carbonyl (C=O) groups excluding carboxylic acids is 1. The Bertz CT molecular complexity index is 464. The zero-order valence-corrected chi connectivity index (χ0v) is 9.36. The predicted molar refractivity (Wildman–Crippen MR) is 59.6 cm³/mol. The van der Waals surface area contributed by atoms with Gasteiger partial charge in [0.2, 0.25) is 0 Å². The highest BCUT2D eigenvalue weighted by Crippen LogP contribution is 2.13. The number of pyridine rings is 1. The monoisotopic (exact) mass is 236 g/mol. The number of nitrogens with zero attached hydrogens (tertiary/aromatic N) is 2. The second-order valence-corrected chi connectivity index (χ2v) is 3.16. The average molecular weight is 237 g/mol. The lowest BCUT2D eigenvalue weighted by atomic mass is 10.2. The first-order chi connectivity index (χ1) is 7.67. The smallest absolute Gasteiger partial charge is 0.330 e. The van der Waals surface area contributed by atoms with Crippen molar-refractivity contribution in [2.75, 3.05) is 6.61 Å². The highest BCUT2D eigenvalue weighted by Gasteiger charge is 2.01. The highest BCUT2D eigenvalue weighted by atomic mass is 35.5. The normalized spacial score (nSPS) is 10.1. The molecule has 16 heavy (non-hydrogen) atoms. The number of rotatable bonds is 3. The molecule has 0 radical (unpaired) electrons. The maximum atomic E-state index is 11.0. The van der Waals surface area contributed by atoms with Crippen LogP contribution in [-0.4, -0.2) is 17.6 Å². The Kier molecular flexibility index (Phi) is 4.49. The minimum absolute atomic E-state index is 0.149. The molecule has 0 unspecified atom stereocenters. The van der Waals surface area contributed by atoms with E-state index in [-0.39, 0.29) is 10.7 Å². The minimum Gasteiger partial charge on any atom is -0.463 e. The van der Waals surface area contributed by atoms with Crippen LogP contribution in [0.25, 0.3) is 6.08 Å². The van der Waals surface area contributed by atoms with E-state index in [9.17, 15) is 4.79 Å². The molecule has 0 atom stereocenters. The van der Waals surface area contributed by atoms with Crippen LogP contribution in [0, 0.1) is 11.3 Å². The fraction of sp³-hybridized carbons (Fsp3) is 0.182. The molecule has 0 fully saturated rings. The third-order valence-corrected chi connectivity index (χ3v) is 1.98. The van der Waals surface area contributed by atoms with Crippen molar-refractivity contribution in [1.29, 1.82) is 5.26 Å². The van der Waals surface area contributed by atoms with E-state index in [0.29, 0.717) is 12.2 Å². The quantitative estimate of drug-likeness (QED) is 0.458. The summed E-state index contributed by atoms with van der Waals surface area (Å²) in [5, 5.41) is 8.86. The van der Waals surface area contributed by atoms with Gasteiger partial charge < -0.3 is 4.74 Å². The standard InChI is InChI=1S/C11H9ClN2O2/c1-2-16-10(15)4-3-8-5-9(6-13)11(12)14-7-8/h3-5,7H,2H2,1H3. The molecule has 5 heteroatoms. The molecule has 1 aromatic heterocycles. The van der Waals surface area contributed by atoms with Gasteiger partial charge in [0.25, 0.3) is 0 Å². The van der Waals surface area contributed by atoms with E-state index in [1.165, 1.54) is 18.3 Å². The van der Waals surface area contributed by atoms with Crippen molar-refractivity contribution in [3.05, 3.63) is 34.6 Å². The number of nitriles is 1. The summed E-state index contributed by atoms with van der Waals surface area (Å²) < 4.78 is 4.71. The summed E-state index contributed by atoms with van der Waals surface area (Å²) in [6, 6.07) is 3.45. The van der Waals surface area contributed by atoms with Crippen LogP contribution in [0.1, 0.15) is 18.1 Å². The molecule has 1 rings (SSSR count). The summed E-state index contributed by atoms with van der Waals surface area (Å²) >= 11 is 5.66. The number of ether oxygens (including phenoxy) is 1. The van der Waals surface area contributed by atoms with Gasteiger partial charge >= 0.3 is 5.97 Å². The SMILES string of the molecule is CCOC(=O)C=Cc1cnc(Cl)c(C#N)c1. The van der Waals surface area contributed by atoms with Gasteiger partial charge in [-0.2, -0.15) is 5.26 Å². The Morgan fingerprint density at radius 1 is 1.75 bits per heavy atom. The van der Waals surface area contributed by atoms with Crippen molar-refractivity contribution in [2.45, 2.75) is 6.92 Å². The molecular weight excluding hydrogens is 228 g/mol. The van der Waals surface area contributed by atoms with Crippen LogP contribution in [0.5, 0.6) is 0 Å². The van der Waals surface area contributed by atoms with E-state index in [0.717, 1.165) is 0 Å². The van der Waals surface area contributed by atoms with Crippen LogP contribution in [0.3, 0.4) is 0 Å².